The van der Waals surface area contributed by atoms with Crippen molar-refractivity contribution in [3.05, 3.63) is 70.5 Å². The van der Waals surface area contributed by atoms with Crippen molar-refractivity contribution in [2.75, 3.05) is 6.54 Å². The van der Waals surface area contributed by atoms with Crippen LogP contribution in [0.5, 0.6) is 0 Å². The lowest BCUT2D eigenvalue weighted by molar-refractivity contribution is 0.224. The van der Waals surface area contributed by atoms with Gasteiger partial charge in [-0.15, -0.1) is 0 Å². The maximum absolute atomic E-state index is 6.30. The third kappa shape index (κ3) is 4.10. The predicted molar refractivity (Wildman–Crippen MR) is 115 cm³/mol. The molecule has 4 nitrogen and oxygen atoms in total. The monoisotopic (exact) mass is 407 g/mol. The van der Waals surface area contributed by atoms with E-state index >= 15 is 0 Å². The molecule has 0 atom stereocenters. The molecule has 3 heterocycles. The van der Waals surface area contributed by atoms with E-state index in [0.717, 1.165) is 49.0 Å². The van der Waals surface area contributed by atoms with Crippen LogP contribution in [0.25, 0.3) is 11.3 Å². The van der Waals surface area contributed by atoms with E-state index in [1.165, 1.54) is 43.4 Å². The number of halogens is 1. The molecule has 0 amide bonds. The molecule has 0 saturated heterocycles. The van der Waals surface area contributed by atoms with Crippen LogP contribution in [0.1, 0.15) is 60.9 Å². The molecule has 29 heavy (non-hydrogen) atoms. The topological polar surface area (TPSA) is 42.2 Å². The number of rotatable bonds is 4. The van der Waals surface area contributed by atoms with E-state index < -0.39 is 0 Å². The van der Waals surface area contributed by atoms with Crippen molar-refractivity contribution in [1.29, 1.82) is 0 Å². The van der Waals surface area contributed by atoms with Gasteiger partial charge >= 0.3 is 0 Å². The first kappa shape index (κ1) is 18.8. The van der Waals surface area contributed by atoms with Crippen LogP contribution < -0.4 is 0 Å². The minimum Gasteiger partial charge on any atom is -0.460 e. The molecule has 0 bridgehead atoms. The molecule has 2 aromatic heterocycles. The number of hydrogen-bond donors (Lipinski definition) is 0. The molecule has 2 aliphatic rings. The van der Waals surface area contributed by atoms with E-state index in [1.807, 2.05) is 30.3 Å². The highest BCUT2D eigenvalue weighted by atomic mass is 35.5. The standard InChI is InChI=1S/C24H26ClN3O/c25-21-9-5-4-8-20(21)23-11-10-19(29-23)16-28-13-12-22-18(15-28)14-26-24(27-22)17-6-2-1-3-7-17/h4-5,8-11,14,17H,1-3,6-7,12-13,15-16H2. The van der Waals surface area contributed by atoms with Gasteiger partial charge in [0.1, 0.15) is 17.3 Å². The first-order valence-electron chi connectivity index (χ1n) is 10.7. The fraction of sp³-hybridized carbons (Fsp3) is 0.417. The Kier molecular flexibility index (Phi) is 5.38. The highest BCUT2D eigenvalue weighted by Gasteiger charge is 2.23. The van der Waals surface area contributed by atoms with E-state index in [1.54, 1.807) is 0 Å². The molecule has 0 unspecified atom stereocenters. The van der Waals surface area contributed by atoms with Crippen molar-refractivity contribution in [3.8, 4) is 11.3 Å². The SMILES string of the molecule is Clc1ccccc1-c1ccc(CN2CCc3nc(C4CCCCC4)ncc3C2)o1. The van der Waals surface area contributed by atoms with Gasteiger partial charge in [-0.2, -0.15) is 0 Å². The van der Waals surface area contributed by atoms with Gasteiger partial charge in [0.2, 0.25) is 0 Å². The Labute approximate surface area is 176 Å². The minimum atomic E-state index is 0.568. The van der Waals surface area contributed by atoms with Crippen molar-refractivity contribution < 1.29 is 4.42 Å². The van der Waals surface area contributed by atoms with E-state index in [2.05, 4.69) is 17.2 Å². The molecular formula is C24H26ClN3O. The van der Waals surface area contributed by atoms with Crippen LogP contribution in [0, 0.1) is 0 Å². The van der Waals surface area contributed by atoms with Crippen molar-refractivity contribution >= 4 is 11.6 Å². The average molecular weight is 408 g/mol. The molecule has 150 valence electrons. The first-order valence-corrected chi connectivity index (χ1v) is 11.0. The van der Waals surface area contributed by atoms with Gasteiger partial charge in [-0.25, -0.2) is 9.97 Å². The van der Waals surface area contributed by atoms with Crippen LogP contribution in [0.2, 0.25) is 5.02 Å². The number of fused-ring (bicyclic) bond motifs is 1. The largest absolute Gasteiger partial charge is 0.460 e. The molecule has 1 fully saturated rings. The summed E-state index contributed by atoms with van der Waals surface area (Å²) >= 11 is 6.30. The summed E-state index contributed by atoms with van der Waals surface area (Å²) in [5.74, 6) is 3.43. The quantitative estimate of drug-likeness (QED) is 0.532. The predicted octanol–water partition coefficient (Wildman–Crippen LogP) is 6.00. The van der Waals surface area contributed by atoms with Gasteiger partial charge < -0.3 is 4.42 Å². The van der Waals surface area contributed by atoms with Gasteiger partial charge in [0.15, 0.2) is 0 Å². The third-order valence-corrected chi connectivity index (χ3v) is 6.51. The van der Waals surface area contributed by atoms with Gasteiger partial charge in [0.25, 0.3) is 0 Å². The third-order valence-electron chi connectivity index (χ3n) is 6.18. The fourth-order valence-electron chi connectivity index (χ4n) is 4.57. The summed E-state index contributed by atoms with van der Waals surface area (Å²) in [7, 11) is 0. The van der Waals surface area contributed by atoms with Crippen LogP contribution in [0.3, 0.4) is 0 Å². The van der Waals surface area contributed by atoms with Crippen LogP contribution in [-0.4, -0.2) is 21.4 Å². The van der Waals surface area contributed by atoms with E-state index in [4.69, 9.17) is 26.0 Å². The lowest BCUT2D eigenvalue weighted by Gasteiger charge is -2.28. The molecule has 1 saturated carbocycles. The highest BCUT2D eigenvalue weighted by Crippen LogP contribution is 2.32. The summed E-state index contributed by atoms with van der Waals surface area (Å²) in [4.78, 5) is 12.1. The number of benzene rings is 1. The lowest BCUT2D eigenvalue weighted by atomic mass is 9.88. The molecule has 1 aromatic carbocycles. The normalized spacial score (nSPS) is 18.0. The molecular weight excluding hydrogens is 382 g/mol. The summed E-state index contributed by atoms with van der Waals surface area (Å²) < 4.78 is 6.08. The molecule has 0 radical (unpaired) electrons. The van der Waals surface area contributed by atoms with Crippen LogP contribution in [0.4, 0.5) is 0 Å². The summed E-state index contributed by atoms with van der Waals surface area (Å²) in [6.45, 7) is 2.66. The number of furan rings is 1. The zero-order valence-corrected chi connectivity index (χ0v) is 17.4. The Balaban J connectivity index is 1.26. The molecule has 1 aliphatic carbocycles. The number of nitrogens with zero attached hydrogens (tertiary/aromatic N) is 3. The molecule has 1 aliphatic heterocycles. The fourth-order valence-corrected chi connectivity index (χ4v) is 4.80. The maximum Gasteiger partial charge on any atom is 0.135 e. The second kappa shape index (κ2) is 8.29. The first-order chi connectivity index (χ1) is 14.3. The zero-order chi connectivity index (χ0) is 19.6. The molecule has 3 aromatic rings. The Hall–Kier alpha value is -2.17. The Morgan fingerprint density at radius 1 is 1.07 bits per heavy atom. The molecule has 5 heteroatoms. The van der Waals surface area contributed by atoms with E-state index in [0.29, 0.717) is 10.9 Å². The van der Waals surface area contributed by atoms with Crippen molar-refractivity contribution in [1.82, 2.24) is 14.9 Å². The Morgan fingerprint density at radius 2 is 1.93 bits per heavy atom. The zero-order valence-electron chi connectivity index (χ0n) is 16.6. The van der Waals surface area contributed by atoms with Gasteiger partial charge in [-0.3, -0.25) is 4.90 Å². The number of aromatic nitrogens is 2. The van der Waals surface area contributed by atoms with Gasteiger partial charge in [-0.1, -0.05) is 43.0 Å². The van der Waals surface area contributed by atoms with Crippen LogP contribution in [-0.2, 0) is 19.5 Å². The van der Waals surface area contributed by atoms with Crippen molar-refractivity contribution in [2.24, 2.45) is 0 Å². The second-order valence-corrected chi connectivity index (χ2v) is 8.65. The van der Waals surface area contributed by atoms with E-state index in [-0.39, 0.29) is 0 Å². The summed E-state index contributed by atoms with van der Waals surface area (Å²) in [5.41, 5.74) is 3.44. The Morgan fingerprint density at radius 3 is 2.79 bits per heavy atom. The lowest BCUT2D eigenvalue weighted by Crippen LogP contribution is -2.31. The summed E-state index contributed by atoms with van der Waals surface area (Å²) in [6, 6.07) is 11.9. The highest BCUT2D eigenvalue weighted by molar-refractivity contribution is 6.33. The van der Waals surface area contributed by atoms with Crippen molar-refractivity contribution in [2.45, 2.75) is 57.5 Å². The average Bonchev–Trinajstić information content (AvgIpc) is 3.22. The molecule has 5 rings (SSSR count). The van der Waals surface area contributed by atoms with Crippen molar-refractivity contribution in [3.63, 3.8) is 0 Å². The van der Waals surface area contributed by atoms with E-state index in [9.17, 15) is 0 Å². The van der Waals surface area contributed by atoms with Crippen LogP contribution >= 0.6 is 11.6 Å². The number of hydrogen-bond acceptors (Lipinski definition) is 4. The smallest absolute Gasteiger partial charge is 0.135 e. The van der Waals surface area contributed by atoms with Gasteiger partial charge in [0, 0.05) is 48.4 Å². The maximum atomic E-state index is 6.30. The molecule has 0 N–H and O–H groups in total. The minimum absolute atomic E-state index is 0.568. The summed E-state index contributed by atoms with van der Waals surface area (Å²) in [6.07, 6.45) is 9.54. The van der Waals surface area contributed by atoms with Crippen LogP contribution in [0.15, 0.2) is 47.0 Å². The van der Waals surface area contributed by atoms with Gasteiger partial charge in [0.05, 0.1) is 11.6 Å². The second-order valence-electron chi connectivity index (χ2n) is 8.24. The van der Waals surface area contributed by atoms with Gasteiger partial charge in [-0.05, 0) is 37.1 Å². The summed E-state index contributed by atoms with van der Waals surface area (Å²) in [5, 5.41) is 0.714. The molecule has 0 spiro atoms. The Bertz CT molecular complexity index is 993.